The molecule has 0 spiro atoms. The number of anilines is 1. The largest absolute Gasteiger partial charge is 0.389 e. The van der Waals surface area contributed by atoms with Crippen LogP contribution in [-0.4, -0.2) is 22.2 Å². The van der Waals surface area contributed by atoms with Gasteiger partial charge in [0.2, 0.25) is 0 Å². The van der Waals surface area contributed by atoms with Crippen molar-refractivity contribution in [3.05, 3.63) is 95.3 Å². The predicted molar refractivity (Wildman–Crippen MR) is 149 cm³/mol. The maximum atomic E-state index is 11.7. The molecule has 0 bridgehead atoms. The Hall–Kier alpha value is -2.65. The molecular formula is C32H44N2O. The quantitative estimate of drug-likeness (QED) is 0.309. The lowest BCUT2D eigenvalue weighted by molar-refractivity contribution is 0.0287. The van der Waals surface area contributed by atoms with E-state index in [0.717, 1.165) is 12.2 Å². The SMILES string of the molecule is CCC(O)(CCN(c1c(C(C)C)cccc1C(C)C)C(C)(C)c1ccccn1)Cc1ccccc1. The first-order valence-corrected chi connectivity index (χ1v) is 13.2. The van der Waals surface area contributed by atoms with Crippen molar-refractivity contribution < 1.29 is 5.11 Å². The molecule has 0 amide bonds. The molecule has 0 aliphatic carbocycles. The van der Waals surface area contributed by atoms with E-state index < -0.39 is 5.60 Å². The van der Waals surface area contributed by atoms with Crippen LogP contribution in [0.1, 0.15) is 95.5 Å². The fourth-order valence-corrected chi connectivity index (χ4v) is 5.04. The van der Waals surface area contributed by atoms with E-state index in [0.29, 0.717) is 31.1 Å². The van der Waals surface area contributed by atoms with Gasteiger partial charge in [0.05, 0.1) is 16.8 Å². The van der Waals surface area contributed by atoms with Crippen molar-refractivity contribution in [2.75, 3.05) is 11.4 Å². The van der Waals surface area contributed by atoms with Crippen LogP contribution in [0.4, 0.5) is 5.69 Å². The molecular weight excluding hydrogens is 428 g/mol. The Balaban J connectivity index is 2.09. The van der Waals surface area contributed by atoms with Crippen LogP contribution in [0.5, 0.6) is 0 Å². The third kappa shape index (κ3) is 6.32. The molecule has 1 N–H and O–H groups in total. The molecule has 0 fully saturated rings. The third-order valence-corrected chi connectivity index (χ3v) is 7.41. The smallest absolute Gasteiger partial charge is 0.0768 e. The fraction of sp³-hybridized carbons (Fsp3) is 0.469. The van der Waals surface area contributed by atoms with Gasteiger partial charge in [-0.1, -0.05) is 89.2 Å². The Kier molecular flexibility index (Phi) is 8.77. The van der Waals surface area contributed by atoms with Gasteiger partial charge in [0.15, 0.2) is 0 Å². The van der Waals surface area contributed by atoms with Crippen LogP contribution in [-0.2, 0) is 12.0 Å². The summed E-state index contributed by atoms with van der Waals surface area (Å²) in [4.78, 5) is 7.29. The highest BCUT2D eigenvalue weighted by atomic mass is 16.3. The minimum Gasteiger partial charge on any atom is -0.389 e. The Bertz CT molecular complexity index is 1030. The van der Waals surface area contributed by atoms with Gasteiger partial charge in [0.25, 0.3) is 0 Å². The summed E-state index contributed by atoms with van der Waals surface area (Å²) < 4.78 is 0. The van der Waals surface area contributed by atoms with Crippen molar-refractivity contribution in [1.29, 1.82) is 0 Å². The maximum absolute atomic E-state index is 11.7. The minimum atomic E-state index is -0.773. The third-order valence-electron chi connectivity index (χ3n) is 7.41. The van der Waals surface area contributed by atoms with Gasteiger partial charge in [0.1, 0.15) is 0 Å². The Morgan fingerprint density at radius 2 is 1.43 bits per heavy atom. The molecule has 3 heteroatoms. The summed E-state index contributed by atoms with van der Waals surface area (Å²) in [5.74, 6) is 0.778. The van der Waals surface area contributed by atoms with Gasteiger partial charge in [-0.15, -0.1) is 0 Å². The molecule has 1 heterocycles. The van der Waals surface area contributed by atoms with Crippen molar-refractivity contribution in [2.45, 2.75) is 90.7 Å². The summed E-state index contributed by atoms with van der Waals surface area (Å²) in [6, 6.07) is 23.2. The second-order valence-corrected chi connectivity index (χ2v) is 11.0. The summed E-state index contributed by atoms with van der Waals surface area (Å²) in [7, 11) is 0. The standard InChI is InChI=1S/C32H44N2O/c1-8-32(35,23-26-15-10-9-11-16-26)20-22-34(31(6,7)29-19-12-13-21-33-29)30-27(24(2)3)17-14-18-28(30)25(4)5/h9-19,21,24-25,35H,8,20,22-23H2,1-7H3. The minimum absolute atomic E-state index is 0.350. The van der Waals surface area contributed by atoms with Gasteiger partial charge in [0, 0.05) is 24.8 Å². The van der Waals surface area contributed by atoms with E-state index in [4.69, 9.17) is 4.98 Å². The van der Waals surface area contributed by atoms with Gasteiger partial charge in [-0.05, 0) is 67.3 Å². The number of hydrogen-bond donors (Lipinski definition) is 1. The monoisotopic (exact) mass is 472 g/mol. The Morgan fingerprint density at radius 3 is 1.94 bits per heavy atom. The lowest BCUT2D eigenvalue weighted by atomic mass is 9.85. The molecule has 0 aliphatic heterocycles. The molecule has 0 saturated heterocycles. The number of para-hydroxylation sites is 1. The summed E-state index contributed by atoms with van der Waals surface area (Å²) in [5, 5.41) is 11.7. The van der Waals surface area contributed by atoms with Gasteiger partial charge < -0.3 is 10.0 Å². The molecule has 0 aliphatic rings. The maximum Gasteiger partial charge on any atom is 0.0768 e. The van der Waals surface area contributed by atoms with E-state index in [9.17, 15) is 5.11 Å². The molecule has 1 unspecified atom stereocenters. The topological polar surface area (TPSA) is 36.4 Å². The number of aliphatic hydroxyl groups is 1. The molecule has 3 nitrogen and oxygen atoms in total. The fourth-order valence-electron chi connectivity index (χ4n) is 5.04. The molecule has 2 aromatic carbocycles. The van der Waals surface area contributed by atoms with Crippen LogP contribution in [0.2, 0.25) is 0 Å². The number of hydrogen-bond acceptors (Lipinski definition) is 3. The van der Waals surface area contributed by atoms with Gasteiger partial charge in [-0.3, -0.25) is 4.98 Å². The molecule has 188 valence electrons. The Morgan fingerprint density at radius 1 is 0.829 bits per heavy atom. The van der Waals surface area contributed by atoms with Crippen LogP contribution in [0.3, 0.4) is 0 Å². The van der Waals surface area contributed by atoms with E-state index in [1.165, 1.54) is 22.4 Å². The number of nitrogens with zero attached hydrogens (tertiary/aromatic N) is 2. The van der Waals surface area contributed by atoms with Crippen LogP contribution in [0.25, 0.3) is 0 Å². The summed E-state index contributed by atoms with van der Waals surface area (Å²) >= 11 is 0. The second-order valence-electron chi connectivity index (χ2n) is 11.0. The summed E-state index contributed by atoms with van der Waals surface area (Å²) in [6.07, 6.45) is 3.93. The number of benzene rings is 2. The average Bonchev–Trinajstić information content (AvgIpc) is 2.85. The first-order chi connectivity index (χ1) is 16.6. The van der Waals surface area contributed by atoms with Crippen molar-refractivity contribution >= 4 is 5.69 Å². The zero-order valence-corrected chi connectivity index (χ0v) is 22.8. The molecule has 0 saturated carbocycles. The summed E-state index contributed by atoms with van der Waals surface area (Å²) in [5.41, 5.74) is 5.09. The molecule has 35 heavy (non-hydrogen) atoms. The highest BCUT2D eigenvalue weighted by molar-refractivity contribution is 5.64. The number of rotatable bonds is 11. The lowest BCUT2D eigenvalue weighted by Crippen LogP contribution is -2.47. The van der Waals surface area contributed by atoms with Crippen molar-refractivity contribution in [3.63, 3.8) is 0 Å². The van der Waals surface area contributed by atoms with Crippen LogP contribution >= 0.6 is 0 Å². The molecule has 0 radical (unpaired) electrons. The highest BCUT2D eigenvalue weighted by Crippen LogP contribution is 2.42. The van der Waals surface area contributed by atoms with Gasteiger partial charge >= 0.3 is 0 Å². The van der Waals surface area contributed by atoms with Crippen LogP contribution < -0.4 is 4.90 Å². The molecule has 3 rings (SSSR count). The first kappa shape index (κ1) is 26.9. The van der Waals surface area contributed by atoms with Gasteiger partial charge in [-0.25, -0.2) is 0 Å². The number of pyridine rings is 1. The van der Waals surface area contributed by atoms with E-state index in [2.05, 4.69) is 108 Å². The average molecular weight is 473 g/mol. The summed E-state index contributed by atoms with van der Waals surface area (Å²) in [6.45, 7) is 16.4. The second kappa shape index (κ2) is 11.4. The zero-order chi connectivity index (χ0) is 25.6. The lowest BCUT2D eigenvalue weighted by Gasteiger charge is -2.44. The van der Waals surface area contributed by atoms with E-state index in [-0.39, 0.29) is 5.54 Å². The molecule has 3 aromatic rings. The van der Waals surface area contributed by atoms with Crippen molar-refractivity contribution in [1.82, 2.24) is 4.98 Å². The Labute approximate surface area is 213 Å². The van der Waals surface area contributed by atoms with Gasteiger partial charge in [-0.2, -0.15) is 0 Å². The zero-order valence-electron chi connectivity index (χ0n) is 22.8. The van der Waals surface area contributed by atoms with E-state index in [1.54, 1.807) is 0 Å². The van der Waals surface area contributed by atoms with E-state index >= 15 is 0 Å². The van der Waals surface area contributed by atoms with E-state index in [1.807, 2.05) is 18.3 Å². The van der Waals surface area contributed by atoms with Crippen LogP contribution in [0.15, 0.2) is 72.9 Å². The normalized spacial score (nSPS) is 13.8. The molecule has 1 atom stereocenters. The van der Waals surface area contributed by atoms with Crippen molar-refractivity contribution in [3.8, 4) is 0 Å². The first-order valence-electron chi connectivity index (χ1n) is 13.2. The molecule has 1 aromatic heterocycles. The highest BCUT2D eigenvalue weighted by Gasteiger charge is 2.36. The van der Waals surface area contributed by atoms with Crippen molar-refractivity contribution in [2.24, 2.45) is 0 Å². The van der Waals surface area contributed by atoms with Crippen LogP contribution in [0, 0.1) is 0 Å². The number of aromatic nitrogens is 1. The predicted octanol–water partition coefficient (Wildman–Crippen LogP) is 7.84.